The number of hydrogen-bond acceptors (Lipinski definition) is 2. The molecule has 0 amide bonds. The van der Waals surface area contributed by atoms with Gasteiger partial charge in [-0.3, -0.25) is 0 Å². The molecular formula is C50H31N3. The predicted molar refractivity (Wildman–Crippen MR) is 223 cm³/mol. The van der Waals surface area contributed by atoms with Crippen LogP contribution in [0.4, 0.5) is 0 Å². The van der Waals surface area contributed by atoms with Crippen molar-refractivity contribution in [2.75, 3.05) is 0 Å². The van der Waals surface area contributed by atoms with Gasteiger partial charge < -0.3 is 4.57 Å². The van der Waals surface area contributed by atoms with Crippen molar-refractivity contribution in [3.63, 3.8) is 0 Å². The van der Waals surface area contributed by atoms with E-state index < -0.39 is 0 Å². The summed E-state index contributed by atoms with van der Waals surface area (Å²) in [6.07, 6.45) is 0. The van der Waals surface area contributed by atoms with E-state index in [1.807, 2.05) is 0 Å². The minimum absolute atomic E-state index is 0.710. The Balaban J connectivity index is 1.17. The summed E-state index contributed by atoms with van der Waals surface area (Å²) in [7, 11) is 0. The normalized spacial score (nSPS) is 11.8. The van der Waals surface area contributed by atoms with E-state index in [4.69, 9.17) is 9.97 Å². The van der Waals surface area contributed by atoms with Crippen LogP contribution >= 0.6 is 0 Å². The number of para-hydroxylation sites is 1. The van der Waals surface area contributed by atoms with Crippen molar-refractivity contribution in [2.24, 2.45) is 0 Å². The molecule has 3 nitrogen and oxygen atoms in total. The second kappa shape index (κ2) is 11.7. The Morgan fingerprint density at radius 3 is 1.83 bits per heavy atom. The molecule has 2 aromatic heterocycles. The van der Waals surface area contributed by atoms with Crippen molar-refractivity contribution in [2.45, 2.75) is 0 Å². The summed E-state index contributed by atoms with van der Waals surface area (Å²) >= 11 is 0. The first-order valence-corrected chi connectivity index (χ1v) is 18.1. The lowest BCUT2D eigenvalue weighted by atomic mass is 9.98. The fourth-order valence-electron chi connectivity index (χ4n) is 8.20. The van der Waals surface area contributed by atoms with Crippen LogP contribution in [0.25, 0.3) is 104 Å². The van der Waals surface area contributed by atoms with E-state index in [0.29, 0.717) is 5.82 Å². The summed E-state index contributed by atoms with van der Waals surface area (Å²) in [5, 5.41) is 10.7. The topological polar surface area (TPSA) is 30.7 Å². The molecule has 0 fully saturated rings. The van der Waals surface area contributed by atoms with Gasteiger partial charge >= 0.3 is 0 Å². The van der Waals surface area contributed by atoms with Crippen LogP contribution in [0, 0.1) is 0 Å². The molecule has 0 atom stereocenters. The number of fused-ring (bicyclic) bond motifs is 7. The molecular weight excluding hydrogens is 643 g/mol. The van der Waals surface area contributed by atoms with Gasteiger partial charge in [-0.1, -0.05) is 140 Å². The lowest BCUT2D eigenvalue weighted by Gasteiger charge is -2.16. The molecule has 0 saturated heterocycles. The fourth-order valence-corrected chi connectivity index (χ4v) is 8.20. The van der Waals surface area contributed by atoms with Crippen molar-refractivity contribution >= 4 is 65.0 Å². The van der Waals surface area contributed by atoms with E-state index in [2.05, 4.69) is 193 Å². The molecule has 53 heavy (non-hydrogen) atoms. The van der Waals surface area contributed by atoms with Crippen molar-refractivity contribution in [3.05, 3.63) is 188 Å². The first-order valence-electron chi connectivity index (χ1n) is 18.1. The number of nitrogens with zero attached hydrogens (tertiary/aromatic N) is 3. The molecule has 0 bridgehead atoms. The summed E-state index contributed by atoms with van der Waals surface area (Å²) in [5.74, 6) is 0.710. The zero-order valence-corrected chi connectivity index (χ0v) is 28.7. The molecule has 0 N–H and O–H groups in total. The van der Waals surface area contributed by atoms with Gasteiger partial charge in [-0.15, -0.1) is 0 Å². The first kappa shape index (κ1) is 29.6. The summed E-state index contributed by atoms with van der Waals surface area (Å²) < 4.78 is 2.43. The van der Waals surface area contributed by atoms with Gasteiger partial charge in [-0.25, -0.2) is 9.97 Å². The fraction of sp³-hybridized carbons (Fsp3) is 0. The highest BCUT2D eigenvalue weighted by molar-refractivity contribution is 6.15. The second-order valence-electron chi connectivity index (χ2n) is 13.8. The van der Waals surface area contributed by atoms with E-state index in [0.717, 1.165) is 55.3 Å². The zero-order valence-electron chi connectivity index (χ0n) is 28.7. The summed E-state index contributed by atoms with van der Waals surface area (Å²) in [4.78, 5) is 10.7. The van der Waals surface area contributed by atoms with E-state index in [-0.39, 0.29) is 0 Å². The number of hydrogen-bond donors (Lipinski definition) is 0. The quantitative estimate of drug-likeness (QED) is 0.186. The monoisotopic (exact) mass is 673 g/mol. The molecule has 2 heterocycles. The van der Waals surface area contributed by atoms with Gasteiger partial charge in [0.15, 0.2) is 5.82 Å². The van der Waals surface area contributed by atoms with Crippen molar-refractivity contribution in [1.82, 2.24) is 14.5 Å². The molecule has 0 saturated carbocycles. The van der Waals surface area contributed by atoms with Gasteiger partial charge in [-0.05, 0) is 86.6 Å². The Bertz CT molecular complexity index is 3230. The van der Waals surface area contributed by atoms with Gasteiger partial charge in [-0.2, -0.15) is 0 Å². The minimum Gasteiger partial charge on any atom is -0.309 e. The average molecular weight is 674 g/mol. The molecule has 0 spiro atoms. The van der Waals surface area contributed by atoms with Gasteiger partial charge in [0.05, 0.1) is 27.9 Å². The largest absolute Gasteiger partial charge is 0.309 e. The van der Waals surface area contributed by atoms with E-state index in [1.165, 1.54) is 43.4 Å². The molecule has 11 aromatic rings. The van der Waals surface area contributed by atoms with Crippen LogP contribution in [0.5, 0.6) is 0 Å². The Hall–Kier alpha value is -7.10. The molecule has 246 valence electrons. The lowest BCUT2D eigenvalue weighted by molar-refractivity contribution is 1.19. The van der Waals surface area contributed by atoms with E-state index in [1.54, 1.807) is 0 Å². The number of rotatable bonds is 4. The number of benzene rings is 9. The van der Waals surface area contributed by atoms with Crippen molar-refractivity contribution < 1.29 is 0 Å². The predicted octanol–water partition coefficient (Wildman–Crippen LogP) is 13.2. The van der Waals surface area contributed by atoms with Gasteiger partial charge in [0.1, 0.15) is 0 Å². The summed E-state index contributed by atoms with van der Waals surface area (Å²) in [6.45, 7) is 0. The standard InChI is InChI=1S/C50H31N3/c1-2-12-32(13-3-1)37-24-25-43-45(30-37)51-50(52-49(43)38-23-22-33-14-4-5-15-34(33)28-38)42-26-27-47(40-19-9-8-18-39(40)42)53-46-21-11-10-20-41(46)44-29-35-16-6-7-17-36(35)31-48(44)53/h1-31H. The smallest absolute Gasteiger partial charge is 0.161 e. The van der Waals surface area contributed by atoms with Crippen LogP contribution in [0.15, 0.2) is 188 Å². The maximum Gasteiger partial charge on any atom is 0.161 e. The van der Waals surface area contributed by atoms with E-state index in [9.17, 15) is 0 Å². The average Bonchev–Trinajstić information content (AvgIpc) is 3.54. The van der Waals surface area contributed by atoms with Crippen molar-refractivity contribution in [3.8, 4) is 39.5 Å². The van der Waals surface area contributed by atoms with Crippen LogP contribution in [-0.2, 0) is 0 Å². The third kappa shape index (κ3) is 4.75. The Morgan fingerprint density at radius 2 is 1.00 bits per heavy atom. The second-order valence-corrected chi connectivity index (χ2v) is 13.8. The molecule has 0 radical (unpaired) electrons. The third-order valence-electron chi connectivity index (χ3n) is 10.7. The van der Waals surface area contributed by atoms with Crippen LogP contribution in [0.1, 0.15) is 0 Å². The lowest BCUT2D eigenvalue weighted by Crippen LogP contribution is -1.99. The SMILES string of the molecule is c1ccc(-c2ccc3c(-c4ccc5ccccc5c4)nc(-c4ccc(-n5c6ccccc6c6cc7ccccc7cc65)c5ccccc45)nc3c2)cc1. The van der Waals surface area contributed by atoms with Gasteiger partial charge in [0.2, 0.25) is 0 Å². The minimum atomic E-state index is 0.710. The Kier molecular flexibility index (Phi) is 6.55. The van der Waals surface area contributed by atoms with Crippen LogP contribution < -0.4 is 0 Å². The highest BCUT2D eigenvalue weighted by Gasteiger charge is 2.19. The maximum absolute atomic E-state index is 5.41. The maximum atomic E-state index is 5.41. The Labute approximate surface area is 306 Å². The third-order valence-corrected chi connectivity index (χ3v) is 10.7. The Morgan fingerprint density at radius 1 is 0.340 bits per heavy atom. The number of aromatic nitrogens is 3. The molecule has 0 unspecified atom stereocenters. The zero-order chi connectivity index (χ0) is 34.9. The van der Waals surface area contributed by atoms with Crippen LogP contribution in [0.2, 0.25) is 0 Å². The van der Waals surface area contributed by atoms with Gasteiger partial charge in [0, 0.05) is 32.7 Å². The van der Waals surface area contributed by atoms with Crippen LogP contribution in [0.3, 0.4) is 0 Å². The van der Waals surface area contributed by atoms with Crippen LogP contribution in [-0.4, -0.2) is 14.5 Å². The summed E-state index contributed by atoms with van der Waals surface area (Å²) in [6, 6.07) is 67.4. The first-order chi connectivity index (χ1) is 26.3. The highest BCUT2D eigenvalue weighted by Crippen LogP contribution is 2.40. The van der Waals surface area contributed by atoms with Crippen molar-refractivity contribution in [1.29, 1.82) is 0 Å². The van der Waals surface area contributed by atoms with E-state index >= 15 is 0 Å². The molecule has 0 aliphatic rings. The molecule has 0 aliphatic heterocycles. The highest BCUT2D eigenvalue weighted by atomic mass is 15.0. The molecule has 3 heteroatoms. The molecule has 9 aromatic carbocycles. The van der Waals surface area contributed by atoms with Gasteiger partial charge in [0.25, 0.3) is 0 Å². The molecule has 0 aliphatic carbocycles. The summed E-state index contributed by atoms with van der Waals surface area (Å²) in [5.41, 5.74) is 9.73. The molecule has 11 rings (SSSR count).